The van der Waals surface area contributed by atoms with Crippen LogP contribution in [0, 0.1) is 5.92 Å². The topological polar surface area (TPSA) is 65.5 Å². The lowest BCUT2D eigenvalue weighted by Crippen LogP contribution is -2.40. The molecule has 1 aromatic rings. The molecule has 0 radical (unpaired) electrons. The first-order valence-electron chi connectivity index (χ1n) is 7.76. The summed E-state index contributed by atoms with van der Waals surface area (Å²) in [7, 11) is 1.81. The summed E-state index contributed by atoms with van der Waals surface area (Å²) in [4.78, 5) is 19.0. The minimum atomic E-state index is 0.0752. The molecule has 1 unspecified atom stereocenters. The van der Waals surface area contributed by atoms with Gasteiger partial charge in [0.2, 0.25) is 0 Å². The summed E-state index contributed by atoms with van der Waals surface area (Å²) in [5.41, 5.74) is 1.63. The number of hydrogen-bond donors (Lipinski definition) is 2. The van der Waals surface area contributed by atoms with Crippen LogP contribution >= 0.6 is 0 Å². The molecule has 5 heteroatoms. The van der Waals surface area contributed by atoms with Gasteiger partial charge in [-0.3, -0.25) is 4.79 Å². The summed E-state index contributed by atoms with van der Waals surface area (Å²) in [6, 6.07) is 3.70. The van der Waals surface area contributed by atoms with Crippen LogP contribution in [-0.2, 0) is 6.42 Å². The Hall–Kier alpha value is -1.62. The summed E-state index contributed by atoms with van der Waals surface area (Å²) >= 11 is 0. The van der Waals surface area contributed by atoms with Crippen molar-refractivity contribution in [3.8, 4) is 0 Å². The molecular weight excluding hydrogens is 266 g/mol. The summed E-state index contributed by atoms with van der Waals surface area (Å²) in [6.45, 7) is 3.79. The van der Waals surface area contributed by atoms with E-state index in [4.69, 9.17) is 5.11 Å². The van der Waals surface area contributed by atoms with E-state index in [1.807, 2.05) is 31.0 Å². The normalized spacial score (nSPS) is 18.6. The molecule has 1 aliphatic rings. The van der Waals surface area contributed by atoms with Crippen LogP contribution in [0.5, 0.6) is 0 Å². The van der Waals surface area contributed by atoms with Crippen LogP contribution in [0.25, 0.3) is 0 Å². The lowest BCUT2D eigenvalue weighted by Gasteiger charge is -2.32. The van der Waals surface area contributed by atoms with Crippen LogP contribution in [-0.4, -0.2) is 47.6 Å². The number of carbonyl (C=O) groups is 1. The van der Waals surface area contributed by atoms with Crippen LogP contribution in [0.15, 0.2) is 12.1 Å². The van der Waals surface area contributed by atoms with Crippen LogP contribution in [0.2, 0.25) is 0 Å². The minimum Gasteiger partial charge on any atom is -0.396 e. The van der Waals surface area contributed by atoms with Gasteiger partial charge >= 0.3 is 0 Å². The van der Waals surface area contributed by atoms with Gasteiger partial charge in [0, 0.05) is 38.0 Å². The van der Waals surface area contributed by atoms with E-state index in [0.29, 0.717) is 11.5 Å². The molecule has 1 saturated heterocycles. The van der Waals surface area contributed by atoms with Gasteiger partial charge in [-0.1, -0.05) is 6.92 Å². The second kappa shape index (κ2) is 7.41. The van der Waals surface area contributed by atoms with Gasteiger partial charge in [-0.2, -0.15) is 0 Å². The van der Waals surface area contributed by atoms with Gasteiger partial charge < -0.3 is 15.3 Å². The van der Waals surface area contributed by atoms with Crippen molar-refractivity contribution in [2.24, 2.45) is 5.92 Å². The lowest BCUT2D eigenvalue weighted by molar-refractivity contribution is 0.0653. The number of pyridine rings is 1. The molecule has 0 aliphatic carbocycles. The van der Waals surface area contributed by atoms with E-state index < -0.39 is 0 Å². The first-order chi connectivity index (χ1) is 10.2. The van der Waals surface area contributed by atoms with Gasteiger partial charge in [-0.15, -0.1) is 0 Å². The summed E-state index contributed by atoms with van der Waals surface area (Å²) < 4.78 is 0. The number of likely N-dealkylation sites (tertiary alicyclic amines) is 1. The molecular formula is C16H25N3O2. The largest absolute Gasteiger partial charge is 0.396 e. The van der Waals surface area contributed by atoms with Crippen molar-refractivity contribution in [2.75, 3.05) is 32.1 Å². The van der Waals surface area contributed by atoms with E-state index >= 15 is 0 Å². The zero-order valence-electron chi connectivity index (χ0n) is 12.9. The number of nitrogens with one attached hydrogen (secondary N) is 1. The molecule has 0 spiro atoms. The van der Waals surface area contributed by atoms with Crippen molar-refractivity contribution in [1.82, 2.24) is 9.88 Å². The van der Waals surface area contributed by atoms with E-state index in [1.165, 1.54) is 0 Å². The number of piperidine rings is 1. The Bertz CT molecular complexity index is 466. The lowest BCUT2D eigenvalue weighted by atomic mass is 9.94. The molecule has 1 aromatic heterocycles. The highest BCUT2D eigenvalue weighted by Crippen LogP contribution is 2.22. The third-order valence-corrected chi connectivity index (χ3v) is 4.09. The average molecular weight is 291 g/mol. The Kier molecular flexibility index (Phi) is 5.56. The molecule has 2 rings (SSSR count). The number of carbonyl (C=O) groups excluding carboxylic acids is 1. The number of aliphatic hydroxyl groups is 1. The average Bonchev–Trinajstić information content (AvgIpc) is 2.54. The molecule has 1 aliphatic heterocycles. The van der Waals surface area contributed by atoms with E-state index in [-0.39, 0.29) is 12.5 Å². The number of rotatable bonds is 5. The molecule has 5 nitrogen and oxygen atoms in total. The maximum Gasteiger partial charge on any atom is 0.254 e. The van der Waals surface area contributed by atoms with E-state index in [9.17, 15) is 4.79 Å². The Morgan fingerprint density at radius 1 is 1.52 bits per heavy atom. The zero-order valence-corrected chi connectivity index (χ0v) is 12.9. The smallest absolute Gasteiger partial charge is 0.254 e. The Morgan fingerprint density at radius 2 is 2.33 bits per heavy atom. The summed E-state index contributed by atoms with van der Waals surface area (Å²) in [5.74, 6) is 1.23. The van der Waals surface area contributed by atoms with Crippen LogP contribution in [0.1, 0.15) is 42.2 Å². The Labute approximate surface area is 126 Å². The van der Waals surface area contributed by atoms with Crippen LogP contribution in [0.3, 0.4) is 0 Å². The third kappa shape index (κ3) is 3.94. The number of hydrogen-bond acceptors (Lipinski definition) is 4. The van der Waals surface area contributed by atoms with Gasteiger partial charge in [0.25, 0.3) is 5.91 Å². The van der Waals surface area contributed by atoms with Gasteiger partial charge in [0.05, 0.1) is 0 Å². The molecule has 1 fully saturated rings. The van der Waals surface area contributed by atoms with Crippen LogP contribution < -0.4 is 5.32 Å². The van der Waals surface area contributed by atoms with Gasteiger partial charge in [-0.05, 0) is 43.7 Å². The monoisotopic (exact) mass is 291 g/mol. The summed E-state index contributed by atoms with van der Waals surface area (Å²) in [5, 5.41) is 12.1. The molecule has 1 atom stereocenters. The van der Waals surface area contributed by atoms with E-state index in [0.717, 1.165) is 50.3 Å². The highest BCUT2D eigenvalue weighted by atomic mass is 16.3. The number of aliphatic hydroxyl groups excluding tert-OH is 1. The highest BCUT2D eigenvalue weighted by Gasteiger charge is 2.24. The van der Waals surface area contributed by atoms with E-state index in [2.05, 4.69) is 10.3 Å². The zero-order chi connectivity index (χ0) is 15.2. The van der Waals surface area contributed by atoms with Crippen molar-refractivity contribution in [3.63, 3.8) is 0 Å². The van der Waals surface area contributed by atoms with Gasteiger partial charge in [0.1, 0.15) is 5.82 Å². The first-order valence-corrected chi connectivity index (χ1v) is 7.76. The molecule has 116 valence electrons. The predicted octanol–water partition coefficient (Wildman–Crippen LogP) is 1.92. The van der Waals surface area contributed by atoms with Crippen molar-refractivity contribution in [3.05, 3.63) is 23.4 Å². The molecule has 2 N–H and O–H groups in total. The fraction of sp³-hybridized carbons (Fsp3) is 0.625. The number of nitrogens with zero attached hydrogens (tertiary/aromatic N) is 2. The Balaban J connectivity index is 2.15. The fourth-order valence-corrected chi connectivity index (χ4v) is 2.87. The molecule has 0 aromatic carbocycles. The molecule has 1 amide bonds. The Morgan fingerprint density at radius 3 is 3.00 bits per heavy atom. The predicted molar refractivity (Wildman–Crippen MR) is 83.5 cm³/mol. The molecule has 0 bridgehead atoms. The SMILES string of the molecule is CCc1cc(C(=O)N2CCCC(CCO)C2)cc(NC)n1. The first kappa shape index (κ1) is 15.8. The second-order valence-electron chi connectivity index (χ2n) is 5.61. The maximum absolute atomic E-state index is 12.7. The molecule has 21 heavy (non-hydrogen) atoms. The number of aromatic nitrogens is 1. The molecule has 0 saturated carbocycles. The van der Waals surface area contributed by atoms with Gasteiger partial charge in [-0.25, -0.2) is 4.98 Å². The van der Waals surface area contributed by atoms with Crippen molar-refractivity contribution in [2.45, 2.75) is 32.6 Å². The highest BCUT2D eigenvalue weighted by molar-refractivity contribution is 5.95. The standard InChI is InChI=1S/C16H25N3O2/c1-3-14-9-13(10-15(17-2)18-14)16(21)19-7-4-5-12(11-19)6-8-20/h9-10,12,20H,3-8,11H2,1-2H3,(H,17,18). The number of aryl methyl sites for hydroxylation is 1. The quantitative estimate of drug-likeness (QED) is 0.870. The van der Waals surface area contributed by atoms with E-state index in [1.54, 1.807) is 0 Å². The van der Waals surface area contributed by atoms with Crippen molar-refractivity contribution >= 4 is 11.7 Å². The maximum atomic E-state index is 12.7. The fourth-order valence-electron chi connectivity index (χ4n) is 2.87. The van der Waals surface area contributed by atoms with Gasteiger partial charge in [0.15, 0.2) is 0 Å². The van der Waals surface area contributed by atoms with Crippen molar-refractivity contribution in [1.29, 1.82) is 0 Å². The minimum absolute atomic E-state index is 0.0752. The summed E-state index contributed by atoms with van der Waals surface area (Å²) in [6.07, 6.45) is 3.70. The number of anilines is 1. The second-order valence-corrected chi connectivity index (χ2v) is 5.61. The number of amides is 1. The third-order valence-electron chi connectivity index (χ3n) is 4.09. The van der Waals surface area contributed by atoms with Crippen LogP contribution in [0.4, 0.5) is 5.82 Å². The molecule has 2 heterocycles. The van der Waals surface area contributed by atoms with Crippen molar-refractivity contribution < 1.29 is 9.90 Å².